The molecule has 19 heavy (non-hydrogen) atoms. The molecule has 0 amide bonds. The van der Waals surface area contributed by atoms with E-state index in [1.165, 1.54) is 7.11 Å². The van der Waals surface area contributed by atoms with E-state index in [0.29, 0.717) is 22.1 Å². The van der Waals surface area contributed by atoms with Crippen LogP contribution in [0.25, 0.3) is 0 Å². The summed E-state index contributed by atoms with van der Waals surface area (Å²) >= 11 is 9.27. The second-order valence-electron chi connectivity index (χ2n) is 3.70. The second kappa shape index (κ2) is 6.08. The van der Waals surface area contributed by atoms with Gasteiger partial charge in [-0.1, -0.05) is 33.6 Å². The number of ether oxygens (including phenoxy) is 2. The van der Waals surface area contributed by atoms with Gasteiger partial charge in [0.05, 0.1) is 17.7 Å². The van der Waals surface area contributed by atoms with Crippen molar-refractivity contribution in [3.05, 3.63) is 57.5 Å². The third kappa shape index (κ3) is 3.49. The van der Waals surface area contributed by atoms with Gasteiger partial charge in [-0.05, 0) is 36.4 Å². The lowest BCUT2D eigenvalue weighted by atomic mass is 10.2. The predicted molar refractivity (Wildman–Crippen MR) is 77.1 cm³/mol. The zero-order valence-electron chi connectivity index (χ0n) is 10.0. The third-order valence-electron chi connectivity index (χ3n) is 2.40. The lowest BCUT2D eigenvalue weighted by Crippen LogP contribution is -2.08. The molecular formula is C14H10BrClO3. The molecule has 0 aromatic heterocycles. The van der Waals surface area contributed by atoms with Crippen molar-refractivity contribution in [2.75, 3.05) is 7.11 Å². The summed E-state index contributed by atoms with van der Waals surface area (Å²) < 4.78 is 11.1. The average Bonchev–Trinajstić information content (AvgIpc) is 2.42. The molecule has 0 heterocycles. The van der Waals surface area contributed by atoms with Crippen molar-refractivity contribution < 1.29 is 14.3 Å². The quantitative estimate of drug-likeness (QED) is 0.616. The molecule has 0 saturated carbocycles. The number of esters is 1. The van der Waals surface area contributed by atoms with Crippen molar-refractivity contribution in [2.24, 2.45) is 0 Å². The van der Waals surface area contributed by atoms with E-state index in [1.54, 1.807) is 42.5 Å². The first kappa shape index (κ1) is 13.9. The Labute approximate surface area is 124 Å². The molecule has 2 rings (SSSR count). The number of halogens is 2. The lowest BCUT2D eigenvalue weighted by molar-refractivity contribution is 0.0734. The van der Waals surface area contributed by atoms with Crippen LogP contribution in [-0.2, 0) is 0 Å². The van der Waals surface area contributed by atoms with Gasteiger partial charge < -0.3 is 9.47 Å². The minimum atomic E-state index is -0.483. The number of methoxy groups -OCH3 is 1. The fourth-order valence-electron chi connectivity index (χ4n) is 1.47. The molecule has 3 nitrogen and oxygen atoms in total. The number of hydrogen-bond acceptors (Lipinski definition) is 3. The first-order chi connectivity index (χ1) is 9.10. The minimum absolute atomic E-state index is 0.317. The van der Waals surface area contributed by atoms with E-state index in [4.69, 9.17) is 21.1 Å². The number of hydrogen-bond donors (Lipinski definition) is 0. The predicted octanol–water partition coefficient (Wildman–Crippen LogP) is 4.33. The van der Waals surface area contributed by atoms with Gasteiger partial charge in [-0.3, -0.25) is 0 Å². The molecule has 0 aliphatic rings. The van der Waals surface area contributed by atoms with Crippen molar-refractivity contribution in [1.82, 2.24) is 0 Å². The molecule has 0 N–H and O–H groups in total. The number of rotatable bonds is 3. The largest absolute Gasteiger partial charge is 0.497 e. The topological polar surface area (TPSA) is 35.5 Å². The van der Waals surface area contributed by atoms with E-state index in [1.807, 2.05) is 0 Å². The molecule has 0 unspecified atom stereocenters. The Kier molecular flexibility index (Phi) is 4.45. The van der Waals surface area contributed by atoms with Crippen molar-refractivity contribution in [2.45, 2.75) is 0 Å². The molecule has 0 radical (unpaired) electrons. The molecule has 0 aliphatic heterocycles. The van der Waals surface area contributed by atoms with Crippen molar-refractivity contribution in [3.8, 4) is 11.5 Å². The minimum Gasteiger partial charge on any atom is -0.497 e. The van der Waals surface area contributed by atoms with Crippen LogP contribution in [0.3, 0.4) is 0 Å². The maximum atomic E-state index is 12.0. The number of carbonyl (C=O) groups excluding carboxylic acids is 1. The maximum absolute atomic E-state index is 12.0. The fourth-order valence-corrected chi connectivity index (χ4v) is 2.18. The standard InChI is InChI=1S/C14H10BrClO3/c1-18-11-4-2-3-9(7-11)14(17)19-13-6-5-10(15)8-12(13)16/h2-8H,1H3. The summed E-state index contributed by atoms with van der Waals surface area (Å²) in [7, 11) is 1.54. The summed E-state index contributed by atoms with van der Waals surface area (Å²) in [5.74, 6) is 0.428. The Morgan fingerprint density at radius 1 is 1.21 bits per heavy atom. The van der Waals surface area contributed by atoms with Crippen LogP contribution in [0.1, 0.15) is 10.4 Å². The molecule has 0 atom stereocenters. The molecule has 0 aliphatic carbocycles. The summed E-state index contributed by atoms with van der Waals surface area (Å²) in [6.07, 6.45) is 0. The summed E-state index contributed by atoms with van der Waals surface area (Å²) in [4.78, 5) is 12.0. The molecule has 0 saturated heterocycles. The van der Waals surface area contributed by atoms with Gasteiger partial charge in [0.1, 0.15) is 11.5 Å². The summed E-state index contributed by atoms with van der Waals surface area (Å²) in [6, 6.07) is 11.8. The number of carbonyl (C=O) groups is 1. The highest BCUT2D eigenvalue weighted by Gasteiger charge is 2.12. The van der Waals surface area contributed by atoms with Crippen LogP contribution >= 0.6 is 27.5 Å². The smallest absolute Gasteiger partial charge is 0.343 e. The van der Waals surface area contributed by atoms with Crippen molar-refractivity contribution >= 4 is 33.5 Å². The summed E-state index contributed by atoms with van der Waals surface area (Å²) in [5.41, 5.74) is 0.401. The van der Waals surface area contributed by atoms with E-state index in [0.717, 1.165) is 4.47 Å². The SMILES string of the molecule is COc1cccc(C(=O)Oc2ccc(Br)cc2Cl)c1. The van der Waals surface area contributed by atoms with Gasteiger partial charge in [0.25, 0.3) is 0 Å². The van der Waals surface area contributed by atoms with Gasteiger partial charge in [-0.2, -0.15) is 0 Å². The van der Waals surface area contributed by atoms with Gasteiger partial charge in [-0.15, -0.1) is 0 Å². The second-order valence-corrected chi connectivity index (χ2v) is 5.02. The van der Waals surface area contributed by atoms with E-state index in [2.05, 4.69) is 15.9 Å². The molecular weight excluding hydrogens is 332 g/mol. The Balaban J connectivity index is 2.20. The fraction of sp³-hybridized carbons (Fsp3) is 0.0714. The monoisotopic (exact) mass is 340 g/mol. The molecule has 0 spiro atoms. The molecule has 2 aromatic carbocycles. The molecule has 2 aromatic rings. The average molecular weight is 342 g/mol. The number of benzene rings is 2. The molecule has 0 fully saturated rings. The Hall–Kier alpha value is -1.52. The van der Waals surface area contributed by atoms with Crippen molar-refractivity contribution in [3.63, 3.8) is 0 Å². The Bertz CT molecular complexity index is 613. The first-order valence-electron chi connectivity index (χ1n) is 5.41. The Morgan fingerprint density at radius 2 is 2.00 bits per heavy atom. The van der Waals surface area contributed by atoms with Crippen LogP contribution in [0.4, 0.5) is 0 Å². The molecule has 5 heteroatoms. The maximum Gasteiger partial charge on any atom is 0.343 e. The lowest BCUT2D eigenvalue weighted by Gasteiger charge is -2.07. The van der Waals surface area contributed by atoms with Crippen LogP contribution in [-0.4, -0.2) is 13.1 Å². The highest BCUT2D eigenvalue weighted by atomic mass is 79.9. The first-order valence-corrected chi connectivity index (χ1v) is 6.58. The van der Waals surface area contributed by atoms with Crippen LogP contribution < -0.4 is 9.47 Å². The van der Waals surface area contributed by atoms with Crippen molar-refractivity contribution in [1.29, 1.82) is 0 Å². The van der Waals surface area contributed by atoms with Gasteiger partial charge in [0, 0.05) is 4.47 Å². The highest BCUT2D eigenvalue weighted by molar-refractivity contribution is 9.10. The van der Waals surface area contributed by atoms with Gasteiger partial charge in [-0.25, -0.2) is 4.79 Å². The van der Waals surface area contributed by atoms with Gasteiger partial charge >= 0.3 is 5.97 Å². The van der Waals surface area contributed by atoms with E-state index >= 15 is 0 Å². The normalized spacial score (nSPS) is 10.1. The molecule has 0 bridgehead atoms. The van der Waals surface area contributed by atoms with Gasteiger partial charge in [0.15, 0.2) is 0 Å². The van der Waals surface area contributed by atoms with E-state index in [-0.39, 0.29) is 0 Å². The zero-order valence-corrected chi connectivity index (χ0v) is 12.4. The third-order valence-corrected chi connectivity index (χ3v) is 3.19. The zero-order chi connectivity index (χ0) is 13.8. The van der Waals surface area contributed by atoms with Gasteiger partial charge in [0.2, 0.25) is 0 Å². The van der Waals surface area contributed by atoms with Crippen LogP contribution in [0.5, 0.6) is 11.5 Å². The Morgan fingerprint density at radius 3 is 2.68 bits per heavy atom. The van der Waals surface area contributed by atoms with Crippen LogP contribution in [0.15, 0.2) is 46.9 Å². The van der Waals surface area contributed by atoms with Crippen LogP contribution in [0, 0.1) is 0 Å². The van der Waals surface area contributed by atoms with E-state index < -0.39 is 5.97 Å². The summed E-state index contributed by atoms with van der Waals surface area (Å²) in [5, 5.41) is 0.366. The molecule has 98 valence electrons. The van der Waals surface area contributed by atoms with E-state index in [9.17, 15) is 4.79 Å². The highest BCUT2D eigenvalue weighted by Crippen LogP contribution is 2.28. The summed E-state index contributed by atoms with van der Waals surface area (Å²) in [6.45, 7) is 0. The van der Waals surface area contributed by atoms with Crippen LogP contribution in [0.2, 0.25) is 5.02 Å².